The Bertz CT molecular complexity index is 377. The third-order valence-electron chi connectivity index (χ3n) is 2.64. The standard InChI is InChI=1S/C10H13BrN2O2S/c11-7-1-6-16-9(7)8(10(14)15)13-4-2-12-3-5-13/h1,6,8,12H,2-5H2,(H,14,15). The van der Waals surface area contributed by atoms with Crippen LogP contribution in [0.5, 0.6) is 0 Å². The Hall–Kier alpha value is -0.430. The molecule has 2 rings (SSSR count). The van der Waals surface area contributed by atoms with Crippen molar-refractivity contribution in [1.82, 2.24) is 10.2 Å². The highest BCUT2D eigenvalue weighted by Gasteiger charge is 2.30. The quantitative estimate of drug-likeness (QED) is 0.889. The van der Waals surface area contributed by atoms with Crippen LogP contribution in [-0.4, -0.2) is 42.2 Å². The number of piperazine rings is 1. The van der Waals surface area contributed by atoms with Crippen LogP contribution >= 0.6 is 27.3 Å². The van der Waals surface area contributed by atoms with Gasteiger partial charge in [-0.1, -0.05) is 0 Å². The minimum Gasteiger partial charge on any atom is -0.480 e. The van der Waals surface area contributed by atoms with Crippen LogP contribution in [0.15, 0.2) is 15.9 Å². The van der Waals surface area contributed by atoms with Crippen molar-refractivity contribution in [3.8, 4) is 0 Å². The van der Waals surface area contributed by atoms with Crippen LogP contribution in [0.1, 0.15) is 10.9 Å². The van der Waals surface area contributed by atoms with Crippen LogP contribution < -0.4 is 5.32 Å². The lowest BCUT2D eigenvalue weighted by Gasteiger charge is -2.32. The first-order valence-corrected chi connectivity index (χ1v) is 6.78. The maximum atomic E-state index is 11.4. The van der Waals surface area contributed by atoms with E-state index in [2.05, 4.69) is 21.2 Å². The number of rotatable bonds is 3. The molecule has 16 heavy (non-hydrogen) atoms. The molecule has 2 N–H and O–H groups in total. The van der Waals surface area contributed by atoms with Crippen molar-refractivity contribution < 1.29 is 9.90 Å². The van der Waals surface area contributed by atoms with E-state index >= 15 is 0 Å². The first kappa shape index (κ1) is 12.0. The summed E-state index contributed by atoms with van der Waals surface area (Å²) in [4.78, 5) is 14.3. The van der Waals surface area contributed by atoms with Gasteiger partial charge in [0.2, 0.25) is 0 Å². The number of thiophene rings is 1. The van der Waals surface area contributed by atoms with E-state index in [-0.39, 0.29) is 0 Å². The number of aliphatic carboxylic acids is 1. The van der Waals surface area contributed by atoms with Gasteiger partial charge in [-0.25, -0.2) is 0 Å². The van der Waals surface area contributed by atoms with Gasteiger partial charge >= 0.3 is 5.97 Å². The van der Waals surface area contributed by atoms with Gasteiger partial charge in [-0.05, 0) is 27.4 Å². The molecule has 1 aliphatic heterocycles. The highest BCUT2D eigenvalue weighted by atomic mass is 79.9. The van der Waals surface area contributed by atoms with E-state index in [9.17, 15) is 9.90 Å². The lowest BCUT2D eigenvalue weighted by atomic mass is 10.2. The normalized spacial score (nSPS) is 19.6. The van der Waals surface area contributed by atoms with Gasteiger partial charge in [0.15, 0.2) is 0 Å². The molecule has 0 bridgehead atoms. The number of nitrogens with zero attached hydrogens (tertiary/aromatic N) is 1. The summed E-state index contributed by atoms with van der Waals surface area (Å²) in [6.45, 7) is 3.27. The van der Waals surface area contributed by atoms with Gasteiger partial charge in [-0.15, -0.1) is 11.3 Å². The monoisotopic (exact) mass is 304 g/mol. The molecule has 0 aliphatic carbocycles. The molecule has 0 amide bonds. The SMILES string of the molecule is O=C(O)C(c1sccc1Br)N1CCNCC1. The van der Waals surface area contributed by atoms with Crippen molar-refractivity contribution in [2.75, 3.05) is 26.2 Å². The molecule has 1 aliphatic rings. The van der Waals surface area contributed by atoms with Crippen molar-refractivity contribution in [1.29, 1.82) is 0 Å². The van der Waals surface area contributed by atoms with Gasteiger partial charge < -0.3 is 10.4 Å². The van der Waals surface area contributed by atoms with Crippen LogP contribution in [0.2, 0.25) is 0 Å². The van der Waals surface area contributed by atoms with E-state index < -0.39 is 12.0 Å². The summed E-state index contributed by atoms with van der Waals surface area (Å²) in [7, 11) is 0. The van der Waals surface area contributed by atoms with Crippen molar-refractivity contribution in [2.24, 2.45) is 0 Å². The van der Waals surface area contributed by atoms with E-state index in [1.807, 2.05) is 16.3 Å². The van der Waals surface area contributed by atoms with E-state index in [0.29, 0.717) is 0 Å². The fourth-order valence-corrected chi connectivity index (χ4v) is 3.59. The Balaban J connectivity index is 2.23. The molecule has 0 saturated carbocycles. The fraction of sp³-hybridized carbons (Fsp3) is 0.500. The number of hydrogen-bond donors (Lipinski definition) is 2. The van der Waals surface area contributed by atoms with E-state index in [1.54, 1.807) is 0 Å². The summed E-state index contributed by atoms with van der Waals surface area (Å²) in [6, 6.07) is 1.38. The van der Waals surface area contributed by atoms with Crippen LogP contribution in [0.4, 0.5) is 0 Å². The first-order chi connectivity index (χ1) is 7.70. The number of carbonyl (C=O) groups is 1. The summed E-state index contributed by atoms with van der Waals surface area (Å²) in [5.41, 5.74) is 0. The molecule has 1 fully saturated rings. The van der Waals surface area contributed by atoms with Gasteiger partial charge in [0.05, 0.1) is 0 Å². The van der Waals surface area contributed by atoms with Crippen LogP contribution in [0.25, 0.3) is 0 Å². The molecule has 1 unspecified atom stereocenters. The molecular weight excluding hydrogens is 292 g/mol. The highest BCUT2D eigenvalue weighted by Crippen LogP contribution is 2.33. The van der Waals surface area contributed by atoms with Crippen LogP contribution in [-0.2, 0) is 4.79 Å². The Kier molecular flexibility index (Phi) is 3.96. The molecule has 6 heteroatoms. The lowest BCUT2D eigenvalue weighted by Crippen LogP contribution is -2.47. The summed E-state index contributed by atoms with van der Waals surface area (Å²) in [5, 5.41) is 14.5. The molecular formula is C10H13BrN2O2S. The fourth-order valence-electron chi connectivity index (χ4n) is 1.88. The van der Waals surface area contributed by atoms with Gasteiger partial charge in [0, 0.05) is 35.5 Å². The summed E-state index contributed by atoms with van der Waals surface area (Å²) in [6.07, 6.45) is 0. The summed E-state index contributed by atoms with van der Waals surface area (Å²) < 4.78 is 0.892. The maximum Gasteiger partial charge on any atom is 0.326 e. The highest BCUT2D eigenvalue weighted by molar-refractivity contribution is 9.10. The second kappa shape index (κ2) is 5.27. The Labute approximate surface area is 106 Å². The minimum atomic E-state index is -0.773. The number of carboxylic acid groups (broad SMARTS) is 1. The van der Waals surface area contributed by atoms with Crippen molar-refractivity contribution >= 4 is 33.2 Å². The third-order valence-corrected chi connectivity index (χ3v) is 4.57. The second-order valence-corrected chi connectivity index (χ2v) is 5.46. The van der Waals surface area contributed by atoms with Crippen LogP contribution in [0.3, 0.4) is 0 Å². The molecule has 0 radical (unpaired) electrons. The van der Waals surface area contributed by atoms with Crippen molar-refractivity contribution in [3.05, 3.63) is 20.8 Å². The van der Waals surface area contributed by atoms with E-state index in [1.165, 1.54) is 11.3 Å². The first-order valence-electron chi connectivity index (χ1n) is 5.10. The van der Waals surface area contributed by atoms with Crippen molar-refractivity contribution in [2.45, 2.75) is 6.04 Å². The molecule has 0 spiro atoms. The summed E-state index contributed by atoms with van der Waals surface area (Å²) >= 11 is 4.90. The second-order valence-electron chi connectivity index (χ2n) is 3.66. The van der Waals surface area contributed by atoms with Crippen LogP contribution in [0, 0.1) is 0 Å². The molecule has 1 atom stereocenters. The van der Waals surface area contributed by atoms with Gasteiger partial charge in [0.25, 0.3) is 0 Å². The molecule has 4 nitrogen and oxygen atoms in total. The molecule has 1 saturated heterocycles. The third kappa shape index (κ3) is 2.45. The molecule has 88 valence electrons. The number of hydrogen-bond acceptors (Lipinski definition) is 4. The number of nitrogens with one attached hydrogen (secondary N) is 1. The van der Waals surface area contributed by atoms with Gasteiger partial charge in [-0.2, -0.15) is 0 Å². The predicted octanol–water partition coefficient (Wildman–Crippen LogP) is 1.54. The van der Waals surface area contributed by atoms with Gasteiger partial charge in [0.1, 0.15) is 6.04 Å². The average molecular weight is 305 g/mol. The lowest BCUT2D eigenvalue weighted by molar-refractivity contribution is -0.143. The van der Waals surface area contributed by atoms with Crippen molar-refractivity contribution in [3.63, 3.8) is 0 Å². The van der Waals surface area contributed by atoms with E-state index in [4.69, 9.17) is 0 Å². The maximum absolute atomic E-state index is 11.4. The Morgan fingerprint density at radius 2 is 2.25 bits per heavy atom. The molecule has 1 aromatic rings. The minimum absolute atomic E-state index is 0.517. The molecule has 2 heterocycles. The zero-order valence-corrected chi connectivity index (χ0v) is 11.1. The Morgan fingerprint density at radius 1 is 1.56 bits per heavy atom. The number of carboxylic acids is 1. The zero-order valence-electron chi connectivity index (χ0n) is 8.65. The smallest absolute Gasteiger partial charge is 0.326 e. The Morgan fingerprint density at radius 3 is 2.75 bits per heavy atom. The average Bonchev–Trinajstić information content (AvgIpc) is 2.66. The molecule has 0 aromatic carbocycles. The largest absolute Gasteiger partial charge is 0.480 e. The predicted molar refractivity (Wildman–Crippen MR) is 66.8 cm³/mol. The van der Waals surface area contributed by atoms with Gasteiger partial charge in [-0.3, -0.25) is 9.69 Å². The summed E-state index contributed by atoms with van der Waals surface area (Å²) in [5.74, 6) is -0.773. The van der Waals surface area contributed by atoms with E-state index in [0.717, 1.165) is 35.5 Å². The number of halogens is 1. The molecule has 1 aromatic heterocycles. The zero-order chi connectivity index (χ0) is 11.5. The topological polar surface area (TPSA) is 52.6 Å².